The molecule has 1 heterocycles. The molecule has 1 atom stereocenters. The predicted molar refractivity (Wildman–Crippen MR) is 79.2 cm³/mol. The summed E-state index contributed by atoms with van der Waals surface area (Å²) in [6.07, 6.45) is 0.255. The van der Waals surface area contributed by atoms with E-state index in [9.17, 15) is 9.59 Å². The van der Waals surface area contributed by atoms with E-state index in [1.807, 2.05) is 32.0 Å². The number of rotatable bonds is 3. The quantitative estimate of drug-likeness (QED) is 0.934. The average Bonchev–Trinajstić information content (AvgIpc) is 2.39. The number of fused-ring (bicyclic) bond motifs is 1. The minimum atomic E-state index is -0.882. The maximum Gasteiger partial charge on any atom is 0.306 e. The Balaban J connectivity index is 2.66. The van der Waals surface area contributed by atoms with Crippen LogP contribution in [-0.2, 0) is 18.3 Å². The lowest BCUT2D eigenvalue weighted by Gasteiger charge is -2.13. The van der Waals surface area contributed by atoms with Crippen LogP contribution in [0.5, 0.6) is 0 Å². The number of carboxylic acids is 1. The van der Waals surface area contributed by atoms with Crippen molar-refractivity contribution in [3.8, 4) is 0 Å². The van der Waals surface area contributed by atoms with Crippen LogP contribution in [0.4, 0.5) is 0 Å². The normalized spacial score (nSPS) is 12.6. The Morgan fingerprint density at radius 2 is 2.00 bits per heavy atom. The summed E-state index contributed by atoms with van der Waals surface area (Å²) in [7, 11) is 1.74. The third kappa shape index (κ3) is 2.33. The van der Waals surface area contributed by atoms with E-state index in [0.717, 1.165) is 22.0 Å². The number of aryl methyl sites for hydroxylation is 3. The first-order chi connectivity index (χ1) is 9.32. The van der Waals surface area contributed by atoms with Crippen LogP contribution in [0.15, 0.2) is 23.0 Å². The smallest absolute Gasteiger partial charge is 0.306 e. The first-order valence-electron chi connectivity index (χ1n) is 6.64. The van der Waals surface area contributed by atoms with Crippen LogP contribution >= 0.6 is 0 Å². The van der Waals surface area contributed by atoms with Crippen LogP contribution < -0.4 is 5.56 Å². The molecular weight excluding hydrogens is 254 g/mol. The lowest BCUT2D eigenvalue weighted by atomic mass is 9.99. The summed E-state index contributed by atoms with van der Waals surface area (Å²) < 4.78 is 1.63. The molecule has 1 unspecified atom stereocenters. The minimum Gasteiger partial charge on any atom is -0.481 e. The molecule has 20 heavy (non-hydrogen) atoms. The van der Waals surface area contributed by atoms with Gasteiger partial charge < -0.3 is 9.67 Å². The average molecular weight is 273 g/mol. The van der Waals surface area contributed by atoms with Crippen LogP contribution in [-0.4, -0.2) is 15.6 Å². The van der Waals surface area contributed by atoms with Gasteiger partial charge in [0.1, 0.15) is 0 Å². The highest BCUT2D eigenvalue weighted by Gasteiger charge is 2.16. The second-order valence-corrected chi connectivity index (χ2v) is 5.42. The molecule has 4 heteroatoms. The van der Waals surface area contributed by atoms with Gasteiger partial charge in [-0.05, 0) is 42.8 Å². The Labute approximate surface area is 117 Å². The zero-order valence-corrected chi connectivity index (χ0v) is 12.2. The number of hydrogen-bond acceptors (Lipinski definition) is 2. The lowest BCUT2D eigenvalue weighted by Crippen LogP contribution is -2.25. The second kappa shape index (κ2) is 5.12. The number of aromatic nitrogens is 1. The molecule has 1 aromatic carbocycles. The Kier molecular flexibility index (Phi) is 3.66. The van der Waals surface area contributed by atoms with Crippen molar-refractivity contribution in [2.24, 2.45) is 13.0 Å². The summed E-state index contributed by atoms with van der Waals surface area (Å²) in [6.45, 7) is 5.63. The van der Waals surface area contributed by atoms with Crippen LogP contribution in [0.2, 0.25) is 0 Å². The van der Waals surface area contributed by atoms with Gasteiger partial charge in [0.25, 0.3) is 5.56 Å². The SMILES string of the molecule is Cc1ccc2cc(CC(C)C(=O)O)c(=O)n(C)c2c1C. The van der Waals surface area contributed by atoms with Crippen molar-refractivity contribution in [1.82, 2.24) is 4.57 Å². The molecule has 2 aromatic rings. The molecule has 0 bridgehead atoms. The third-order valence-electron chi connectivity index (χ3n) is 3.93. The number of carbonyl (C=O) groups is 1. The Hall–Kier alpha value is -2.10. The van der Waals surface area contributed by atoms with Crippen LogP contribution in [0.25, 0.3) is 10.9 Å². The van der Waals surface area contributed by atoms with Crippen LogP contribution in [0.1, 0.15) is 23.6 Å². The number of aliphatic carboxylic acids is 1. The second-order valence-electron chi connectivity index (χ2n) is 5.42. The maximum atomic E-state index is 12.4. The van der Waals surface area contributed by atoms with E-state index < -0.39 is 11.9 Å². The summed E-state index contributed by atoms with van der Waals surface area (Å²) in [5.41, 5.74) is 3.58. The standard InChI is InChI=1S/C16H19NO3/c1-9-5-6-12-8-13(7-10(2)16(19)20)15(18)17(4)14(12)11(9)3/h5-6,8,10H,7H2,1-4H3,(H,19,20). The summed E-state index contributed by atoms with van der Waals surface area (Å²) in [6, 6.07) is 5.82. The van der Waals surface area contributed by atoms with E-state index in [1.165, 1.54) is 0 Å². The molecule has 0 saturated carbocycles. The van der Waals surface area contributed by atoms with E-state index in [0.29, 0.717) is 5.56 Å². The van der Waals surface area contributed by atoms with Crippen LogP contribution in [0, 0.1) is 19.8 Å². The Morgan fingerprint density at radius 3 is 2.60 bits per heavy atom. The van der Waals surface area contributed by atoms with Gasteiger partial charge in [-0.2, -0.15) is 0 Å². The molecule has 0 aliphatic carbocycles. The number of nitrogens with zero attached hydrogens (tertiary/aromatic N) is 1. The fourth-order valence-electron chi connectivity index (χ4n) is 2.51. The molecule has 4 nitrogen and oxygen atoms in total. The first kappa shape index (κ1) is 14.3. The highest BCUT2D eigenvalue weighted by atomic mass is 16.4. The van der Waals surface area contributed by atoms with Crippen LogP contribution in [0.3, 0.4) is 0 Å². The van der Waals surface area contributed by atoms with E-state index >= 15 is 0 Å². The highest BCUT2D eigenvalue weighted by Crippen LogP contribution is 2.21. The molecule has 0 aliphatic rings. The van der Waals surface area contributed by atoms with Crippen molar-refractivity contribution >= 4 is 16.9 Å². The lowest BCUT2D eigenvalue weighted by molar-refractivity contribution is -0.141. The van der Waals surface area contributed by atoms with Gasteiger partial charge in [0.05, 0.1) is 11.4 Å². The topological polar surface area (TPSA) is 59.3 Å². The zero-order chi connectivity index (χ0) is 15.0. The molecule has 1 aromatic heterocycles. The largest absolute Gasteiger partial charge is 0.481 e. The molecule has 0 spiro atoms. The van der Waals surface area contributed by atoms with Gasteiger partial charge in [-0.3, -0.25) is 9.59 Å². The van der Waals surface area contributed by atoms with Crippen molar-refractivity contribution in [2.45, 2.75) is 27.2 Å². The number of benzene rings is 1. The van der Waals surface area contributed by atoms with E-state index in [-0.39, 0.29) is 12.0 Å². The molecule has 2 rings (SSSR count). The summed E-state index contributed by atoms with van der Waals surface area (Å²) in [4.78, 5) is 23.3. The Bertz CT molecular complexity index is 743. The molecular formula is C16H19NO3. The molecule has 0 radical (unpaired) electrons. The van der Waals surface area contributed by atoms with Crippen molar-refractivity contribution in [2.75, 3.05) is 0 Å². The summed E-state index contributed by atoms with van der Waals surface area (Å²) in [5.74, 6) is -1.45. The van der Waals surface area contributed by atoms with Gasteiger partial charge in [0, 0.05) is 12.6 Å². The van der Waals surface area contributed by atoms with E-state index in [4.69, 9.17) is 5.11 Å². The van der Waals surface area contributed by atoms with E-state index in [2.05, 4.69) is 0 Å². The number of pyridine rings is 1. The van der Waals surface area contributed by atoms with Crippen molar-refractivity contribution in [3.63, 3.8) is 0 Å². The molecule has 0 aliphatic heterocycles. The van der Waals surface area contributed by atoms with Crippen molar-refractivity contribution < 1.29 is 9.90 Å². The van der Waals surface area contributed by atoms with Gasteiger partial charge in [-0.1, -0.05) is 19.1 Å². The number of hydrogen-bond donors (Lipinski definition) is 1. The molecule has 0 saturated heterocycles. The van der Waals surface area contributed by atoms with Gasteiger partial charge in [0.15, 0.2) is 0 Å². The van der Waals surface area contributed by atoms with Gasteiger partial charge in [0.2, 0.25) is 0 Å². The fraction of sp³-hybridized carbons (Fsp3) is 0.375. The maximum absolute atomic E-state index is 12.4. The molecule has 106 valence electrons. The zero-order valence-electron chi connectivity index (χ0n) is 12.2. The number of carboxylic acid groups (broad SMARTS) is 1. The third-order valence-corrected chi connectivity index (χ3v) is 3.93. The summed E-state index contributed by atoms with van der Waals surface area (Å²) >= 11 is 0. The molecule has 0 fully saturated rings. The minimum absolute atomic E-state index is 0.112. The fourth-order valence-corrected chi connectivity index (χ4v) is 2.51. The van der Waals surface area contributed by atoms with E-state index in [1.54, 1.807) is 18.5 Å². The van der Waals surface area contributed by atoms with Crippen molar-refractivity contribution in [3.05, 3.63) is 45.2 Å². The predicted octanol–water partition coefficient (Wildman–Crippen LogP) is 2.42. The monoisotopic (exact) mass is 273 g/mol. The molecule has 0 amide bonds. The first-order valence-corrected chi connectivity index (χ1v) is 6.64. The van der Waals surface area contributed by atoms with Gasteiger partial charge in [-0.15, -0.1) is 0 Å². The van der Waals surface area contributed by atoms with Crippen molar-refractivity contribution in [1.29, 1.82) is 0 Å². The Morgan fingerprint density at radius 1 is 1.35 bits per heavy atom. The summed E-state index contributed by atoms with van der Waals surface area (Å²) in [5, 5.41) is 9.96. The van der Waals surface area contributed by atoms with Gasteiger partial charge >= 0.3 is 5.97 Å². The molecule has 1 N–H and O–H groups in total. The highest BCUT2D eigenvalue weighted by molar-refractivity contribution is 5.84. The van der Waals surface area contributed by atoms with Gasteiger partial charge in [-0.25, -0.2) is 0 Å².